The fourth-order valence-corrected chi connectivity index (χ4v) is 3.40. The van der Waals surface area contributed by atoms with Crippen LogP contribution in [0.2, 0.25) is 0 Å². The molecule has 0 radical (unpaired) electrons. The van der Waals surface area contributed by atoms with Crippen LogP contribution in [0.3, 0.4) is 0 Å². The monoisotopic (exact) mass is 369 g/mol. The zero-order chi connectivity index (χ0) is 20.0. The second-order valence-corrected chi connectivity index (χ2v) is 6.94. The van der Waals surface area contributed by atoms with E-state index in [1.165, 1.54) is 0 Å². The maximum Gasteiger partial charge on any atom is 0.309 e. The molecule has 1 aromatic rings. The van der Waals surface area contributed by atoms with Gasteiger partial charge in [-0.25, -0.2) is 0 Å². The number of nitriles is 1. The molecule has 1 amide bonds. The zero-order valence-corrected chi connectivity index (χ0v) is 16.5. The standard InChI is InChI=1S/C21H27N3O3/c1-5-27-21(26)17-6-8-24(9-7-17)13-18(12-22)20(25)23-19-15(3)10-14(2)11-16(19)4/h10-11,13,17H,5-9H2,1-4H3,(H,23,25)/b18-13-. The zero-order valence-electron chi connectivity index (χ0n) is 16.5. The Morgan fingerprint density at radius 3 is 2.37 bits per heavy atom. The fraction of sp³-hybridized carbons (Fsp3) is 0.476. The van der Waals surface area contributed by atoms with Crippen molar-refractivity contribution in [1.29, 1.82) is 5.26 Å². The predicted octanol–water partition coefficient (Wildman–Crippen LogP) is 3.23. The van der Waals surface area contributed by atoms with E-state index in [4.69, 9.17) is 4.74 Å². The molecule has 1 N–H and O–H groups in total. The first kappa shape index (κ1) is 20.5. The van der Waals surface area contributed by atoms with Gasteiger partial charge in [0.05, 0.1) is 12.5 Å². The minimum atomic E-state index is -0.417. The molecule has 6 nitrogen and oxygen atoms in total. The number of amides is 1. The van der Waals surface area contributed by atoms with E-state index in [9.17, 15) is 14.9 Å². The molecule has 1 aliphatic heterocycles. The molecule has 1 aromatic carbocycles. The lowest BCUT2D eigenvalue weighted by Gasteiger charge is -2.30. The highest BCUT2D eigenvalue weighted by atomic mass is 16.5. The van der Waals surface area contributed by atoms with Crippen LogP contribution in [-0.4, -0.2) is 36.5 Å². The third-order valence-electron chi connectivity index (χ3n) is 4.74. The largest absolute Gasteiger partial charge is 0.466 e. The highest BCUT2D eigenvalue weighted by Gasteiger charge is 2.25. The first-order chi connectivity index (χ1) is 12.8. The summed E-state index contributed by atoms with van der Waals surface area (Å²) in [6.45, 7) is 9.29. The van der Waals surface area contributed by atoms with Crippen LogP contribution in [0.1, 0.15) is 36.5 Å². The SMILES string of the molecule is CCOC(=O)C1CCN(/C=C(/C#N)C(=O)Nc2c(C)cc(C)cc2C)CC1. The van der Waals surface area contributed by atoms with E-state index >= 15 is 0 Å². The van der Waals surface area contributed by atoms with Crippen molar-refractivity contribution < 1.29 is 14.3 Å². The molecule has 1 saturated heterocycles. The molecule has 2 rings (SSSR count). The number of anilines is 1. The molecule has 144 valence electrons. The van der Waals surface area contributed by atoms with E-state index in [0.717, 1.165) is 22.4 Å². The van der Waals surface area contributed by atoms with Crippen molar-refractivity contribution >= 4 is 17.6 Å². The summed E-state index contributed by atoms with van der Waals surface area (Å²) in [6, 6.07) is 5.99. The number of carbonyl (C=O) groups is 2. The summed E-state index contributed by atoms with van der Waals surface area (Å²) in [5.41, 5.74) is 3.86. The Hall–Kier alpha value is -2.81. The predicted molar refractivity (Wildman–Crippen MR) is 104 cm³/mol. The van der Waals surface area contributed by atoms with Gasteiger partial charge in [0.15, 0.2) is 0 Å². The van der Waals surface area contributed by atoms with Gasteiger partial charge in [-0.3, -0.25) is 9.59 Å². The first-order valence-corrected chi connectivity index (χ1v) is 9.27. The van der Waals surface area contributed by atoms with Crippen LogP contribution < -0.4 is 5.32 Å². The first-order valence-electron chi connectivity index (χ1n) is 9.27. The minimum absolute atomic E-state index is 0.0592. The fourth-order valence-electron chi connectivity index (χ4n) is 3.40. The van der Waals surface area contributed by atoms with Crippen molar-refractivity contribution in [2.24, 2.45) is 5.92 Å². The van der Waals surface area contributed by atoms with E-state index in [0.29, 0.717) is 32.5 Å². The number of nitrogens with one attached hydrogen (secondary N) is 1. The van der Waals surface area contributed by atoms with Crippen molar-refractivity contribution in [3.63, 3.8) is 0 Å². The lowest BCUT2D eigenvalue weighted by atomic mass is 9.97. The van der Waals surface area contributed by atoms with Gasteiger partial charge in [-0.05, 0) is 51.7 Å². The molecule has 0 atom stereocenters. The third kappa shape index (κ3) is 5.33. The summed E-state index contributed by atoms with van der Waals surface area (Å²) in [5, 5.41) is 12.3. The van der Waals surface area contributed by atoms with E-state index in [1.54, 1.807) is 13.1 Å². The van der Waals surface area contributed by atoms with Crippen LogP contribution in [0.15, 0.2) is 23.9 Å². The number of aryl methyl sites for hydroxylation is 3. The molecular weight excluding hydrogens is 342 g/mol. The molecule has 6 heteroatoms. The topological polar surface area (TPSA) is 82.4 Å². The lowest BCUT2D eigenvalue weighted by molar-refractivity contribution is -0.149. The Bertz CT molecular complexity index is 761. The van der Waals surface area contributed by atoms with Crippen molar-refractivity contribution in [2.75, 3.05) is 25.0 Å². The van der Waals surface area contributed by atoms with Gasteiger partial charge in [-0.2, -0.15) is 5.26 Å². The van der Waals surface area contributed by atoms with Gasteiger partial charge in [0.1, 0.15) is 11.6 Å². The number of ether oxygens (including phenoxy) is 1. The van der Waals surface area contributed by atoms with Gasteiger partial charge in [0.2, 0.25) is 0 Å². The minimum Gasteiger partial charge on any atom is -0.466 e. The number of likely N-dealkylation sites (tertiary alicyclic amines) is 1. The smallest absolute Gasteiger partial charge is 0.309 e. The molecular formula is C21H27N3O3. The molecule has 0 aliphatic carbocycles. The van der Waals surface area contributed by atoms with Crippen LogP contribution in [0.4, 0.5) is 5.69 Å². The second-order valence-electron chi connectivity index (χ2n) is 6.94. The summed E-state index contributed by atoms with van der Waals surface area (Å²) in [5.74, 6) is -0.684. The van der Waals surface area contributed by atoms with Crippen LogP contribution in [0, 0.1) is 38.0 Å². The summed E-state index contributed by atoms with van der Waals surface area (Å²) in [4.78, 5) is 26.3. The number of nitrogens with zero attached hydrogens (tertiary/aromatic N) is 2. The van der Waals surface area contributed by atoms with Crippen LogP contribution in [-0.2, 0) is 14.3 Å². The number of carbonyl (C=O) groups excluding carboxylic acids is 2. The number of rotatable bonds is 5. The average molecular weight is 369 g/mol. The van der Waals surface area contributed by atoms with Crippen molar-refractivity contribution in [3.05, 3.63) is 40.6 Å². The lowest BCUT2D eigenvalue weighted by Crippen LogP contribution is -2.34. The Morgan fingerprint density at radius 1 is 1.26 bits per heavy atom. The molecule has 1 aliphatic rings. The second kappa shape index (κ2) is 9.22. The summed E-state index contributed by atoms with van der Waals surface area (Å²) < 4.78 is 5.06. The van der Waals surface area contributed by atoms with Gasteiger partial charge in [0, 0.05) is 25.0 Å². The van der Waals surface area contributed by atoms with E-state index in [1.807, 2.05) is 43.9 Å². The van der Waals surface area contributed by atoms with Crippen molar-refractivity contribution in [3.8, 4) is 6.07 Å². The molecule has 0 spiro atoms. The molecule has 0 bridgehead atoms. The quantitative estimate of drug-likeness (QED) is 0.489. The van der Waals surface area contributed by atoms with E-state index in [-0.39, 0.29) is 17.5 Å². The van der Waals surface area contributed by atoms with Gasteiger partial charge >= 0.3 is 5.97 Å². The Balaban J connectivity index is 2.04. The highest BCUT2D eigenvalue weighted by Crippen LogP contribution is 2.23. The van der Waals surface area contributed by atoms with Crippen LogP contribution in [0.25, 0.3) is 0 Å². The highest BCUT2D eigenvalue weighted by molar-refractivity contribution is 6.07. The average Bonchev–Trinajstić information content (AvgIpc) is 2.63. The molecule has 1 fully saturated rings. The van der Waals surface area contributed by atoms with Gasteiger partial charge in [-0.15, -0.1) is 0 Å². The molecule has 27 heavy (non-hydrogen) atoms. The van der Waals surface area contributed by atoms with Gasteiger partial charge in [0.25, 0.3) is 5.91 Å². The number of hydrogen-bond acceptors (Lipinski definition) is 5. The third-order valence-corrected chi connectivity index (χ3v) is 4.74. The normalized spacial score (nSPS) is 15.2. The molecule has 1 heterocycles. The van der Waals surface area contributed by atoms with E-state index < -0.39 is 5.91 Å². The van der Waals surface area contributed by atoms with Crippen LogP contribution >= 0.6 is 0 Å². The number of hydrogen-bond donors (Lipinski definition) is 1. The molecule has 0 saturated carbocycles. The molecule has 0 unspecified atom stereocenters. The Kier molecular flexibility index (Phi) is 7.00. The summed E-state index contributed by atoms with van der Waals surface area (Å²) >= 11 is 0. The summed E-state index contributed by atoms with van der Waals surface area (Å²) in [7, 11) is 0. The maximum atomic E-state index is 12.6. The Labute approximate surface area is 160 Å². The van der Waals surface area contributed by atoms with Crippen LogP contribution in [0.5, 0.6) is 0 Å². The van der Waals surface area contributed by atoms with Gasteiger partial charge < -0.3 is 15.0 Å². The number of benzene rings is 1. The van der Waals surface area contributed by atoms with Gasteiger partial charge in [-0.1, -0.05) is 17.7 Å². The molecule has 0 aromatic heterocycles. The van der Waals surface area contributed by atoms with E-state index in [2.05, 4.69) is 5.32 Å². The maximum absolute atomic E-state index is 12.6. The Morgan fingerprint density at radius 2 is 1.85 bits per heavy atom. The number of piperidine rings is 1. The van der Waals surface area contributed by atoms with Crippen molar-refractivity contribution in [2.45, 2.75) is 40.5 Å². The summed E-state index contributed by atoms with van der Waals surface area (Å²) in [6.07, 6.45) is 2.91. The number of esters is 1. The van der Waals surface area contributed by atoms with Crippen molar-refractivity contribution in [1.82, 2.24) is 4.90 Å².